The zero-order valence-electron chi connectivity index (χ0n) is 14.6. The quantitative estimate of drug-likeness (QED) is 0.906. The largest absolute Gasteiger partial charge is 0.354 e. The van der Waals surface area contributed by atoms with Crippen LogP contribution in [0.4, 0.5) is 0 Å². The maximum Gasteiger partial charge on any atom is 0.255 e. The SMILES string of the molecule is Cc1ccccc1-c1ccc(C(=O)N2CC(=O)CC23CCNC3=O)cc1. The van der Waals surface area contributed by atoms with Gasteiger partial charge in [0.2, 0.25) is 5.91 Å². The molecular weight excluding hydrogens is 328 g/mol. The molecule has 2 aromatic carbocycles. The molecular formula is C21H20N2O3. The Balaban J connectivity index is 1.64. The van der Waals surface area contributed by atoms with E-state index in [1.165, 1.54) is 10.5 Å². The molecule has 0 saturated carbocycles. The van der Waals surface area contributed by atoms with Gasteiger partial charge in [-0.1, -0.05) is 36.4 Å². The third-order valence-electron chi connectivity index (χ3n) is 5.42. The number of nitrogens with zero attached hydrogens (tertiary/aromatic N) is 1. The molecule has 1 atom stereocenters. The van der Waals surface area contributed by atoms with Crippen LogP contribution in [0.2, 0.25) is 0 Å². The number of likely N-dealkylation sites (tertiary alicyclic amines) is 1. The summed E-state index contributed by atoms with van der Waals surface area (Å²) < 4.78 is 0. The number of aryl methyl sites for hydroxylation is 1. The van der Waals surface area contributed by atoms with Crippen LogP contribution in [0.5, 0.6) is 0 Å². The van der Waals surface area contributed by atoms with Gasteiger partial charge in [-0.25, -0.2) is 0 Å². The molecule has 2 amide bonds. The second-order valence-corrected chi connectivity index (χ2v) is 7.04. The average Bonchev–Trinajstić information content (AvgIpc) is 3.18. The maximum atomic E-state index is 13.0. The molecule has 4 rings (SSSR count). The van der Waals surface area contributed by atoms with E-state index in [2.05, 4.69) is 5.32 Å². The lowest BCUT2D eigenvalue weighted by Crippen LogP contribution is -2.52. The fourth-order valence-corrected chi connectivity index (χ4v) is 4.00. The highest BCUT2D eigenvalue weighted by Crippen LogP contribution is 2.35. The van der Waals surface area contributed by atoms with Crippen molar-refractivity contribution in [3.8, 4) is 11.1 Å². The van der Waals surface area contributed by atoms with E-state index in [0.29, 0.717) is 18.5 Å². The fourth-order valence-electron chi connectivity index (χ4n) is 4.00. The Bertz CT molecular complexity index is 904. The normalized spacial score (nSPS) is 22.1. The molecule has 2 aliphatic heterocycles. The first-order valence-corrected chi connectivity index (χ1v) is 8.79. The van der Waals surface area contributed by atoms with E-state index in [1.54, 1.807) is 12.1 Å². The van der Waals surface area contributed by atoms with Crippen molar-refractivity contribution >= 4 is 17.6 Å². The number of carbonyl (C=O) groups excluding carboxylic acids is 3. The van der Waals surface area contributed by atoms with Crippen LogP contribution in [0.25, 0.3) is 11.1 Å². The van der Waals surface area contributed by atoms with Crippen molar-refractivity contribution in [3.05, 3.63) is 59.7 Å². The summed E-state index contributed by atoms with van der Waals surface area (Å²) in [4.78, 5) is 38.8. The van der Waals surface area contributed by atoms with Gasteiger partial charge in [0.05, 0.1) is 6.54 Å². The van der Waals surface area contributed by atoms with Crippen LogP contribution in [-0.2, 0) is 9.59 Å². The monoisotopic (exact) mass is 348 g/mol. The Hall–Kier alpha value is -2.95. The molecule has 2 saturated heterocycles. The second kappa shape index (κ2) is 6.09. The Morgan fingerprint density at radius 3 is 2.46 bits per heavy atom. The molecule has 1 spiro atoms. The van der Waals surface area contributed by atoms with Crippen LogP contribution < -0.4 is 5.32 Å². The molecule has 26 heavy (non-hydrogen) atoms. The molecule has 2 fully saturated rings. The molecule has 0 aliphatic carbocycles. The standard InChI is InChI=1S/C21H20N2O3/c1-14-4-2-3-5-18(14)15-6-8-16(9-7-15)19(25)23-13-17(24)12-21(23)10-11-22-20(21)26/h2-9H,10-13H2,1H3,(H,22,26). The van der Waals surface area contributed by atoms with Crippen molar-refractivity contribution < 1.29 is 14.4 Å². The highest BCUT2D eigenvalue weighted by atomic mass is 16.2. The number of hydrogen-bond acceptors (Lipinski definition) is 3. The van der Waals surface area contributed by atoms with Gasteiger partial charge in [-0.05, 0) is 42.2 Å². The van der Waals surface area contributed by atoms with Crippen molar-refractivity contribution in [1.82, 2.24) is 10.2 Å². The summed E-state index contributed by atoms with van der Waals surface area (Å²) in [7, 11) is 0. The lowest BCUT2D eigenvalue weighted by molar-refractivity contribution is -0.128. The van der Waals surface area contributed by atoms with E-state index >= 15 is 0 Å². The summed E-state index contributed by atoms with van der Waals surface area (Å²) in [6, 6.07) is 15.4. The van der Waals surface area contributed by atoms with Gasteiger partial charge in [0.25, 0.3) is 5.91 Å². The summed E-state index contributed by atoms with van der Waals surface area (Å²) in [5.41, 5.74) is 2.82. The van der Waals surface area contributed by atoms with Crippen LogP contribution in [0.15, 0.2) is 48.5 Å². The molecule has 2 heterocycles. The van der Waals surface area contributed by atoms with Gasteiger partial charge in [0.1, 0.15) is 5.54 Å². The minimum absolute atomic E-state index is 0.00575. The minimum atomic E-state index is -0.997. The minimum Gasteiger partial charge on any atom is -0.354 e. The third-order valence-corrected chi connectivity index (χ3v) is 5.42. The summed E-state index contributed by atoms with van der Waals surface area (Å²) in [5, 5.41) is 2.76. The topological polar surface area (TPSA) is 66.5 Å². The molecule has 0 aromatic heterocycles. The van der Waals surface area contributed by atoms with Gasteiger partial charge in [-0.3, -0.25) is 14.4 Å². The molecule has 5 nitrogen and oxygen atoms in total. The summed E-state index contributed by atoms with van der Waals surface area (Å²) in [5.74, 6) is -0.538. The Morgan fingerprint density at radius 1 is 1.08 bits per heavy atom. The molecule has 0 radical (unpaired) electrons. The second-order valence-electron chi connectivity index (χ2n) is 7.04. The lowest BCUT2D eigenvalue weighted by atomic mass is 9.93. The number of ketones is 1. The van der Waals surface area contributed by atoms with Crippen LogP contribution in [0.1, 0.15) is 28.8 Å². The van der Waals surface area contributed by atoms with E-state index in [1.807, 2.05) is 43.3 Å². The number of carbonyl (C=O) groups is 3. The molecule has 1 unspecified atom stereocenters. The smallest absolute Gasteiger partial charge is 0.255 e. The summed E-state index contributed by atoms with van der Waals surface area (Å²) >= 11 is 0. The Morgan fingerprint density at radius 2 is 1.81 bits per heavy atom. The highest BCUT2D eigenvalue weighted by molar-refractivity contribution is 6.07. The molecule has 0 bridgehead atoms. The van der Waals surface area contributed by atoms with Crippen LogP contribution in [0, 0.1) is 6.92 Å². The predicted molar refractivity (Wildman–Crippen MR) is 97.6 cm³/mol. The summed E-state index contributed by atoms with van der Waals surface area (Å²) in [6.45, 7) is 2.56. The van der Waals surface area contributed by atoms with Gasteiger partial charge >= 0.3 is 0 Å². The zero-order chi connectivity index (χ0) is 18.3. The number of Topliss-reactive ketones (excluding diaryl/α,β-unsaturated/α-hetero) is 1. The van der Waals surface area contributed by atoms with Gasteiger partial charge in [0, 0.05) is 18.5 Å². The van der Waals surface area contributed by atoms with E-state index < -0.39 is 5.54 Å². The van der Waals surface area contributed by atoms with Gasteiger partial charge in [-0.15, -0.1) is 0 Å². The number of nitrogens with one attached hydrogen (secondary N) is 1. The first-order chi connectivity index (χ1) is 12.5. The van der Waals surface area contributed by atoms with E-state index in [0.717, 1.165) is 11.1 Å². The molecule has 2 aromatic rings. The number of rotatable bonds is 2. The number of benzene rings is 2. The van der Waals surface area contributed by atoms with Crippen molar-refractivity contribution in [1.29, 1.82) is 0 Å². The van der Waals surface area contributed by atoms with Crippen molar-refractivity contribution in [2.75, 3.05) is 13.1 Å². The third kappa shape index (κ3) is 2.51. The predicted octanol–water partition coefficient (Wildman–Crippen LogP) is 2.34. The Labute approximate surface area is 152 Å². The van der Waals surface area contributed by atoms with Gasteiger partial charge in [0.15, 0.2) is 5.78 Å². The Kier molecular flexibility index (Phi) is 3.87. The van der Waals surface area contributed by atoms with E-state index in [4.69, 9.17) is 0 Å². The first kappa shape index (κ1) is 16.5. The summed E-state index contributed by atoms with van der Waals surface area (Å²) in [6.07, 6.45) is 0.608. The lowest BCUT2D eigenvalue weighted by Gasteiger charge is -2.31. The zero-order valence-corrected chi connectivity index (χ0v) is 14.6. The van der Waals surface area contributed by atoms with Crippen LogP contribution in [-0.4, -0.2) is 41.1 Å². The van der Waals surface area contributed by atoms with E-state index in [-0.39, 0.29) is 30.6 Å². The van der Waals surface area contributed by atoms with Crippen molar-refractivity contribution in [2.45, 2.75) is 25.3 Å². The van der Waals surface area contributed by atoms with E-state index in [9.17, 15) is 14.4 Å². The van der Waals surface area contributed by atoms with Gasteiger partial charge in [-0.2, -0.15) is 0 Å². The fraction of sp³-hybridized carbons (Fsp3) is 0.286. The highest BCUT2D eigenvalue weighted by Gasteiger charge is 2.55. The number of amides is 2. The van der Waals surface area contributed by atoms with Gasteiger partial charge < -0.3 is 10.2 Å². The molecule has 5 heteroatoms. The molecule has 2 aliphatic rings. The van der Waals surface area contributed by atoms with Crippen LogP contribution >= 0.6 is 0 Å². The molecule has 1 N–H and O–H groups in total. The van der Waals surface area contributed by atoms with Crippen molar-refractivity contribution in [3.63, 3.8) is 0 Å². The average molecular weight is 348 g/mol. The molecule has 132 valence electrons. The maximum absolute atomic E-state index is 13.0. The first-order valence-electron chi connectivity index (χ1n) is 8.79. The number of hydrogen-bond donors (Lipinski definition) is 1. The van der Waals surface area contributed by atoms with Crippen molar-refractivity contribution in [2.24, 2.45) is 0 Å². The van der Waals surface area contributed by atoms with Crippen LogP contribution in [0.3, 0.4) is 0 Å².